The molecular weight excluding hydrogens is 408 g/mol. The fraction of sp³-hybridized carbons (Fsp3) is 0.318. The van der Waals surface area contributed by atoms with Crippen LogP contribution >= 0.6 is 0 Å². The van der Waals surface area contributed by atoms with Crippen molar-refractivity contribution in [1.29, 1.82) is 0 Å². The van der Waals surface area contributed by atoms with Crippen molar-refractivity contribution in [2.75, 3.05) is 29.6 Å². The highest BCUT2D eigenvalue weighted by Crippen LogP contribution is 2.39. The van der Waals surface area contributed by atoms with Crippen LogP contribution in [0.15, 0.2) is 30.5 Å². The van der Waals surface area contributed by atoms with Gasteiger partial charge in [-0.15, -0.1) is 0 Å². The van der Waals surface area contributed by atoms with Crippen molar-refractivity contribution in [3.8, 4) is 5.69 Å². The maximum absolute atomic E-state index is 12.8. The van der Waals surface area contributed by atoms with E-state index in [1.54, 1.807) is 32.2 Å². The van der Waals surface area contributed by atoms with Crippen molar-refractivity contribution >= 4 is 34.7 Å². The van der Waals surface area contributed by atoms with E-state index in [9.17, 15) is 9.59 Å². The molecule has 1 aliphatic heterocycles. The molecule has 3 aromatic rings. The van der Waals surface area contributed by atoms with E-state index in [0.29, 0.717) is 22.9 Å². The fourth-order valence-electron chi connectivity index (χ4n) is 3.61. The van der Waals surface area contributed by atoms with Crippen LogP contribution < -0.4 is 20.9 Å². The van der Waals surface area contributed by atoms with Gasteiger partial charge in [-0.1, -0.05) is 6.07 Å². The first-order valence-corrected chi connectivity index (χ1v) is 10.1. The van der Waals surface area contributed by atoms with Crippen LogP contribution in [0, 0.1) is 12.8 Å². The highest BCUT2D eigenvalue weighted by atomic mass is 16.2. The Morgan fingerprint density at radius 1 is 1.28 bits per heavy atom. The summed E-state index contributed by atoms with van der Waals surface area (Å²) < 4.78 is 40.9. The van der Waals surface area contributed by atoms with E-state index in [1.807, 2.05) is 5.32 Å². The third kappa shape index (κ3) is 3.53. The number of carbonyl (C=O) groups excluding carboxylic acids is 2. The molecule has 2 aliphatic rings. The first-order valence-electron chi connectivity index (χ1n) is 12.6. The first-order chi connectivity index (χ1) is 17.3. The molecule has 164 valence electrons. The molecule has 10 nitrogen and oxygen atoms in total. The van der Waals surface area contributed by atoms with Gasteiger partial charge in [0.1, 0.15) is 11.6 Å². The molecule has 0 spiro atoms. The summed E-state index contributed by atoms with van der Waals surface area (Å²) in [7, 11) is 1.58. The summed E-state index contributed by atoms with van der Waals surface area (Å²) in [6.45, 7) is -3.06. The van der Waals surface area contributed by atoms with Gasteiger partial charge in [0.05, 0.1) is 37.6 Å². The first kappa shape index (κ1) is 15.0. The zero-order valence-corrected chi connectivity index (χ0v) is 17.4. The van der Waals surface area contributed by atoms with E-state index in [2.05, 4.69) is 25.7 Å². The molecule has 0 saturated heterocycles. The van der Waals surface area contributed by atoms with Gasteiger partial charge >= 0.3 is 0 Å². The predicted molar refractivity (Wildman–Crippen MR) is 120 cm³/mol. The van der Waals surface area contributed by atoms with Crippen LogP contribution in [0.1, 0.15) is 41.7 Å². The molecule has 0 atom stereocenters. The van der Waals surface area contributed by atoms with Crippen LogP contribution in [0.25, 0.3) is 5.69 Å². The van der Waals surface area contributed by atoms with Crippen molar-refractivity contribution in [1.82, 2.24) is 25.1 Å². The molecule has 32 heavy (non-hydrogen) atoms. The Kier molecular flexibility index (Phi) is 3.56. The lowest BCUT2D eigenvalue weighted by Crippen LogP contribution is -2.27. The average Bonchev–Trinajstić information content (AvgIpc) is 3.58. The fourth-order valence-corrected chi connectivity index (χ4v) is 3.61. The Hall–Kier alpha value is -3.95. The van der Waals surface area contributed by atoms with Crippen LogP contribution in [0.5, 0.6) is 0 Å². The second kappa shape index (κ2) is 7.63. The van der Waals surface area contributed by atoms with Gasteiger partial charge in [-0.2, -0.15) is 5.10 Å². The molecule has 2 amide bonds. The number of para-hydroxylation sites is 1. The van der Waals surface area contributed by atoms with Gasteiger partial charge in [-0.05, 0) is 31.9 Å². The van der Waals surface area contributed by atoms with Crippen molar-refractivity contribution in [2.45, 2.75) is 26.3 Å². The van der Waals surface area contributed by atoms with Crippen LogP contribution in [0.2, 0.25) is 0 Å². The largest absolute Gasteiger partial charge is 0.364 e. The number of rotatable bonds is 5. The SMILES string of the molecule is [2H]C([2H])([2H])NC(=O)c1cnc(NC(=O)C2CC2)cc1Nc1cccc2c1N(C)C([2H])([2H])c1nc(C)nn1-2. The average molecular weight is 438 g/mol. The zero-order chi connectivity index (χ0) is 26.7. The minimum absolute atomic E-state index is 0.0723. The van der Waals surface area contributed by atoms with E-state index in [4.69, 9.17) is 6.85 Å². The summed E-state index contributed by atoms with van der Waals surface area (Å²) in [6, 6.07) is 6.63. The van der Waals surface area contributed by atoms with Crippen LogP contribution in [-0.2, 0) is 11.3 Å². The highest BCUT2D eigenvalue weighted by Gasteiger charge is 2.30. The number of nitrogens with one attached hydrogen (secondary N) is 3. The van der Waals surface area contributed by atoms with Gasteiger partial charge in [-0.25, -0.2) is 14.6 Å². The highest BCUT2D eigenvalue weighted by molar-refractivity contribution is 6.02. The summed E-state index contributed by atoms with van der Waals surface area (Å²) in [5, 5.41) is 12.1. The molecule has 1 aliphatic carbocycles. The van der Waals surface area contributed by atoms with Crippen molar-refractivity contribution < 1.29 is 16.4 Å². The van der Waals surface area contributed by atoms with E-state index in [0.717, 1.165) is 12.8 Å². The molecule has 1 aromatic carbocycles. The Balaban J connectivity index is 1.59. The number of aromatic nitrogens is 4. The second-order valence-electron chi connectivity index (χ2n) is 7.70. The lowest BCUT2D eigenvalue weighted by molar-refractivity contribution is -0.117. The summed E-state index contributed by atoms with van der Waals surface area (Å²) in [5.74, 6) is -0.423. The predicted octanol–water partition coefficient (Wildman–Crippen LogP) is 2.37. The molecule has 2 aromatic heterocycles. The normalized spacial score (nSPS) is 18.7. The standard InChI is InChI=1S/C22H24N8O2/c1-12-25-19-11-29(3)20-15(5-4-6-17(20)30(19)28-12)26-16-9-18(27-21(31)13-7-8-13)24-10-14(16)22(32)23-2/h4-6,9-10,13H,7-8,11H2,1-3H3,(H,23,32)(H2,24,26,27,31)/i2D3,11D2. The van der Waals surface area contributed by atoms with E-state index in [1.165, 1.54) is 21.8 Å². The molecule has 0 radical (unpaired) electrons. The molecule has 1 fully saturated rings. The molecule has 3 heterocycles. The molecule has 0 bridgehead atoms. The van der Waals surface area contributed by atoms with E-state index >= 15 is 0 Å². The Morgan fingerprint density at radius 3 is 2.91 bits per heavy atom. The number of amides is 2. The number of hydrogen-bond donors (Lipinski definition) is 3. The molecule has 5 rings (SSSR count). The lowest BCUT2D eigenvalue weighted by atomic mass is 10.1. The maximum Gasteiger partial charge on any atom is 0.254 e. The number of hydrogen-bond acceptors (Lipinski definition) is 7. The van der Waals surface area contributed by atoms with Crippen LogP contribution in [-0.4, -0.2) is 45.6 Å². The Labute approximate surface area is 192 Å². The van der Waals surface area contributed by atoms with Gasteiger partial charge in [-0.3, -0.25) is 9.59 Å². The number of aryl methyl sites for hydroxylation is 1. The Morgan fingerprint density at radius 2 is 2.12 bits per heavy atom. The quantitative estimate of drug-likeness (QED) is 0.561. The van der Waals surface area contributed by atoms with Gasteiger partial charge in [0.2, 0.25) is 5.91 Å². The molecular formula is C22H24N8O2. The van der Waals surface area contributed by atoms with E-state index < -0.39 is 19.4 Å². The van der Waals surface area contributed by atoms with Gasteiger partial charge < -0.3 is 20.9 Å². The van der Waals surface area contributed by atoms with Gasteiger partial charge in [0.25, 0.3) is 5.91 Å². The monoisotopic (exact) mass is 437 g/mol. The third-order valence-corrected chi connectivity index (χ3v) is 5.29. The smallest absolute Gasteiger partial charge is 0.254 e. The lowest BCUT2D eigenvalue weighted by Gasteiger charge is -2.30. The van der Waals surface area contributed by atoms with Crippen molar-refractivity contribution in [2.24, 2.45) is 5.92 Å². The molecule has 0 unspecified atom stereocenters. The summed E-state index contributed by atoms with van der Waals surface area (Å²) >= 11 is 0. The summed E-state index contributed by atoms with van der Waals surface area (Å²) in [6.07, 6.45) is 2.78. The molecule has 1 saturated carbocycles. The number of nitrogens with zero attached hydrogens (tertiary/aromatic N) is 5. The van der Waals surface area contributed by atoms with E-state index in [-0.39, 0.29) is 34.7 Å². The number of benzene rings is 1. The van der Waals surface area contributed by atoms with Gasteiger partial charge in [0.15, 0.2) is 5.82 Å². The number of anilines is 4. The minimum Gasteiger partial charge on any atom is -0.364 e. The minimum atomic E-state index is -2.73. The number of fused-ring (bicyclic) bond motifs is 3. The van der Waals surface area contributed by atoms with Crippen molar-refractivity contribution in [3.05, 3.63) is 47.7 Å². The zero-order valence-electron chi connectivity index (χ0n) is 22.4. The van der Waals surface area contributed by atoms with Crippen molar-refractivity contribution in [3.63, 3.8) is 0 Å². The number of pyridine rings is 1. The number of carbonyl (C=O) groups is 2. The summed E-state index contributed by atoms with van der Waals surface area (Å²) in [4.78, 5) is 34.9. The van der Waals surface area contributed by atoms with Crippen LogP contribution in [0.4, 0.5) is 22.9 Å². The topological polar surface area (TPSA) is 117 Å². The van der Waals surface area contributed by atoms with Crippen LogP contribution in [0.3, 0.4) is 0 Å². The summed E-state index contributed by atoms with van der Waals surface area (Å²) in [5.41, 5.74) is 1.51. The second-order valence-corrected chi connectivity index (χ2v) is 7.70. The molecule has 3 N–H and O–H groups in total. The van der Waals surface area contributed by atoms with Gasteiger partial charge in [0, 0.05) is 36.3 Å². The maximum atomic E-state index is 12.8. The molecule has 10 heteroatoms. The Bertz CT molecular complexity index is 1420. The third-order valence-electron chi connectivity index (χ3n) is 5.29.